The Balaban J connectivity index is 1.81. The molecule has 0 atom stereocenters. The maximum absolute atomic E-state index is 12.6. The highest BCUT2D eigenvalue weighted by Gasteiger charge is 2.12. The molecule has 0 fully saturated rings. The van der Waals surface area contributed by atoms with Crippen LogP contribution in [0.15, 0.2) is 42.5 Å². The Morgan fingerprint density at radius 2 is 1.89 bits per heavy atom. The van der Waals surface area contributed by atoms with Crippen molar-refractivity contribution in [2.75, 3.05) is 7.11 Å². The lowest BCUT2D eigenvalue weighted by atomic mass is 10.0. The van der Waals surface area contributed by atoms with Crippen LogP contribution in [-0.4, -0.2) is 28.2 Å². The summed E-state index contributed by atoms with van der Waals surface area (Å²) in [5.41, 5.74) is 6.97. The van der Waals surface area contributed by atoms with Gasteiger partial charge in [-0.25, -0.2) is 0 Å². The van der Waals surface area contributed by atoms with Gasteiger partial charge in [-0.05, 0) is 73.9 Å². The van der Waals surface area contributed by atoms with Crippen LogP contribution in [0.4, 0.5) is 0 Å². The molecule has 0 amide bonds. The standard InChI is InChI=1S/C23H24N2O3/c1-14-5-6-17(9-15(14)2)21-12-20(24-25-21)7-8-22(27)18-10-16(3)23(28-4)19(11-18)13-26/h5-12,26H,13H2,1-4H3,(H,24,25)/b8-7+. The molecule has 0 bridgehead atoms. The zero-order valence-corrected chi connectivity index (χ0v) is 16.5. The highest BCUT2D eigenvalue weighted by Crippen LogP contribution is 2.26. The maximum Gasteiger partial charge on any atom is 0.185 e. The molecular weight excluding hydrogens is 352 g/mol. The Morgan fingerprint density at radius 3 is 2.57 bits per heavy atom. The van der Waals surface area contributed by atoms with Crippen molar-refractivity contribution in [2.24, 2.45) is 0 Å². The van der Waals surface area contributed by atoms with Crippen LogP contribution in [0.5, 0.6) is 5.75 Å². The summed E-state index contributed by atoms with van der Waals surface area (Å²) in [6, 6.07) is 11.5. The average Bonchev–Trinajstić information content (AvgIpc) is 3.16. The number of rotatable bonds is 6. The summed E-state index contributed by atoms with van der Waals surface area (Å²) in [6.45, 7) is 5.81. The molecule has 0 saturated heterocycles. The fraction of sp³-hybridized carbons (Fsp3) is 0.217. The first-order valence-corrected chi connectivity index (χ1v) is 9.06. The molecule has 0 aliphatic rings. The van der Waals surface area contributed by atoms with Gasteiger partial charge in [-0.3, -0.25) is 9.89 Å². The number of aromatic amines is 1. The maximum atomic E-state index is 12.6. The molecule has 5 nitrogen and oxygen atoms in total. The van der Waals surface area contributed by atoms with Crippen LogP contribution in [0.1, 0.15) is 38.3 Å². The monoisotopic (exact) mass is 376 g/mol. The average molecular weight is 376 g/mol. The molecule has 0 aliphatic heterocycles. The number of ketones is 1. The molecule has 2 N–H and O–H groups in total. The van der Waals surface area contributed by atoms with E-state index in [4.69, 9.17) is 4.74 Å². The zero-order valence-electron chi connectivity index (χ0n) is 16.5. The lowest BCUT2D eigenvalue weighted by molar-refractivity contribution is 0.104. The Bertz CT molecular complexity index is 1050. The summed E-state index contributed by atoms with van der Waals surface area (Å²) in [4.78, 5) is 12.6. The molecule has 144 valence electrons. The van der Waals surface area contributed by atoms with Crippen LogP contribution in [0.2, 0.25) is 0 Å². The van der Waals surface area contributed by atoms with Gasteiger partial charge in [-0.2, -0.15) is 5.10 Å². The number of hydrogen-bond acceptors (Lipinski definition) is 4. The van der Waals surface area contributed by atoms with E-state index in [9.17, 15) is 9.90 Å². The van der Waals surface area contributed by atoms with E-state index in [0.29, 0.717) is 16.9 Å². The first-order valence-electron chi connectivity index (χ1n) is 9.06. The van der Waals surface area contributed by atoms with Gasteiger partial charge >= 0.3 is 0 Å². The van der Waals surface area contributed by atoms with E-state index in [1.165, 1.54) is 17.2 Å². The number of aryl methyl sites for hydroxylation is 3. The predicted molar refractivity (Wildman–Crippen MR) is 111 cm³/mol. The van der Waals surface area contributed by atoms with E-state index in [-0.39, 0.29) is 12.4 Å². The number of ether oxygens (including phenoxy) is 1. The van der Waals surface area contributed by atoms with Crippen molar-refractivity contribution in [2.45, 2.75) is 27.4 Å². The van der Waals surface area contributed by atoms with E-state index in [2.05, 4.69) is 36.2 Å². The largest absolute Gasteiger partial charge is 0.496 e. The minimum absolute atomic E-state index is 0.150. The van der Waals surface area contributed by atoms with Gasteiger partial charge in [0.05, 0.1) is 25.1 Å². The first-order chi connectivity index (χ1) is 13.4. The van der Waals surface area contributed by atoms with Gasteiger partial charge in [0.2, 0.25) is 0 Å². The third kappa shape index (κ3) is 4.05. The van der Waals surface area contributed by atoms with Crippen LogP contribution in [-0.2, 0) is 6.61 Å². The molecule has 0 unspecified atom stereocenters. The summed E-state index contributed by atoms with van der Waals surface area (Å²) in [5, 5.41) is 16.8. The number of carbonyl (C=O) groups is 1. The molecule has 3 rings (SSSR count). The molecule has 0 spiro atoms. The molecule has 1 aromatic heterocycles. The summed E-state index contributed by atoms with van der Waals surface area (Å²) in [6.07, 6.45) is 3.21. The second kappa shape index (κ2) is 8.23. The van der Waals surface area contributed by atoms with E-state index < -0.39 is 0 Å². The van der Waals surface area contributed by atoms with Crippen LogP contribution in [0, 0.1) is 20.8 Å². The smallest absolute Gasteiger partial charge is 0.185 e. The summed E-state index contributed by atoms with van der Waals surface area (Å²) < 4.78 is 5.29. The number of aliphatic hydroxyl groups is 1. The Morgan fingerprint density at radius 1 is 1.11 bits per heavy atom. The summed E-state index contributed by atoms with van der Waals surface area (Å²) >= 11 is 0. The molecule has 0 aliphatic carbocycles. The fourth-order valence-corrected chi connectivity index (χ4v) is 3.13. The zero-order chi connectivity index (χ0) is 20.3. The lowest BCUT2D eigenvalue weighted by Crippen LogP contribution is -2.01. The molecule has 2 aromatic carbocycles. The van der Waals surface area contributed by atoms with Gasteiger partial charge in [-0.1, -0.05) is 12.1 Å². The van der Waals surface area contributed by atoms with E-state index >= 15 is 0 Å². The predicted octanol–water partition coefficient (Wildman–Crippen LogP) is 4.40. The van der Waals surface area contributed by atoms with E-state index in [0.717, 1.165) is 22.5 Å². The number of nitrogens with zero attached hydrogens (tertiary/aromatic N) is 1. The van der Waals surface area contributed by atoms with Crippen LogP contribution in [0.25, 0.3) is 17.3 Å². The summed E-state index contributed by atoms with van der Waals surface area (Å²) in [5.74, 6) is 0.456. The molecule has 5 heteroatoms. The number of aliphatic hydroxyl groups excluding tert-OH is 1. The quantitative estimate of drug-likeness (QED) is 0.494. The van der Waals surface area contributed by atoms with Gasteiger partial charge in [0.15, 0.2) is 5.78 Å². The van der Waals surface area contributed by atoms with Gasteiger partial charge in [0, 0.05) is 16.7 Å². The van der Waals surface area contributed by atoms with E-state index in [1.807, 2.05) is 19.1 Å². The van der Waals surface area contributed by atoms with Crippen molar-refractivity contribution in [3.05, 3.63) is 76.0 Å². The number of methoxy groups -OCH3 is 1. The second-order valence-electron chi connectivity index (χ2n) is 6.85. The Kier molecular flexibility index (Phi) is 5.76. The Hall–Kier alpha value is -3.18. The number of benzene rings is 2. The summed E-state index contributed by atoms with van der Waals surface area (Å²) in [7, 11) is 1.55. The van der Waals surface area contributed by atoms with Crippen LogP contribution in [0.3, 0.4) is 0 Å². The molecule has 3 aromatic rings. The SMILES string of the molecule is COc1c(C)cc(C(=O)/C=C/c2cc(-c3ccc(C)c(C)c3)n[nH]2)cc1CO. The van der Waals surface area contributed by atoms with Gasteiger partial charge in [0.1, 0.15) is 5.75 Å². The van der Waals surface area contributed by atoms with Crippen molar-refractivity contribution in [1.82, 2.24) is 10.2 Å². The van der Waals surface area contributed by atoms with Crippen LogP contribution < -0.4 is 4.74 Å². The van der Waals surface area contributed by atoms with Crippen LogP contribution >= 0.6 is 0 Å². The first kappa shape index (κ1) is 19.6. The Labute approximate surface area is 164 Å². The number of aromatic nitrogens is 2. The topological polar surface area (TPSA) is 75.2 Å². The molecule has 28 heavy (non-hydrogen) atoms. The van der Waals surface area contributed by atoms with E-state index in [1.54, 1.807) is 25.3 Å². The number of hydrogen-bond donors (Lipinski definition) is 2. The lowest BCUT2D eigenvalue weighted by Gasteiger charge is -2.11. The molecular formula is C23H24N2O3. The molecule has 1 heterocycles. The third-order valence-electron chi connectivity index (χ3n) is 4.83. The number of H-pyrrole nitrogens is 1. The van der Waals surface area contributed by atoms with Crippen molar-refractivity contribution >= 4 is 11.9 Å². The molecule has 0 radical (unpaired) electrons. The van der Waals surface area contributed by atoms with Crippen molar-refractivity contribution < 1.29 is 14.6 Å². The van der Waals surface area contributed by atoms with Crippen molar-refractivity contribution in [3.63, 3.8) is 0 Å². The second-order valence-corrected chi connectivity index (χ2v) is 6.85. The minimum atomic E-state index is -0.186. The fourth-order valence-electron chi connectivity index (χ4n) is 3.13. The minimum Gasteiger partial charge on any atom is -0.496 e. The highest BCUT2D eigenvalue weighted by molar-refractivity contribution is 6.07. The van der Waals surface area contributed by atoms with Gasteiger partial charge < -0.3 is 9.84 Å². The number of allylic oxidation sites excluding steroid dienone is 1. The van der Waals surface area contributed by atoms with Gasteiger partial charge in [-0.15, -0.1) is 0 Å². The van der Waals surface area contributed by atoms with Crippen molar-refractivity contribution in [1.29, 1.82) is 0 Å². The third-order valence-corrected chi connectivity index (χ3v) is 4.83. The number of carbonyl (C=O) groups excluding carboxylic acids is 1. The number of nitrogens with one attached hydrogen (secondary N) is 1. The normalized spacial score (nSPS) is 11.2. The van der Waals surface area contributed by atoms with Crippen molar-refractivity contribution in [3.8, 4) is 17.0 Å². The highest BCUT2D eigenvalue weighted by atomic mass is 16.5. The van der Waals surface area contributed by atoms with Gasteiger partial charge in [0.25, 0.3) is 0 Å². The molecule has 0 saturated carbocycles.